The van der Waals surface area contributed by atoms with Gasteiger partial charge in [-0.05, 0) is 28.7 Å². The number of rotatable bonds is 2. The van der Waals surface area contributed by atoms with Crippen molar-refractivity contribution in [2.24, 2.45) is 0 Å². The minimum absolute atomic E-state index is 0.000328. The smallest absolute Gasteiger partial charge is 0.404 e. The van der Waals surface area contributed by atoms with Crippen LogP contribution in [0.1, 0.15) is 5.56 Å². The summed E-state index contributed by atoms with van der Waals surface area (Å²) in [4.78, 5) is 3.69. The quantitative estimate of drug-likeness (QED) is 0.619. The van der Waals surface area contributed by atoms with Gasteiger partial charge in [0.25, 0.3) is 0 Å². The second-order valence-electron chi connectivity index (χ2n) is 2.50. The van der Waals surface area contributed by atoms with Crippen LogP contribution in [0.4, 0.5) is 13.2 Å². The summed E-state index contributed by atoms with van der Waals surface area (Å²) in [6.07, 6.45) is -3.77. The van der Waals surface area contributed by atoms with Crippen molar-refractivity contribution in [3.05, 3.63) is 21.5 Å². The Bertz CT molecular complexity index is 400. The van der Waals surface area contributed by atoms with Gasteiger partial charge in [0, 0.05) is 5.56 Å². The largest absolute Gasteiger partial charge is 0.573 e. The lowest BCUT2D eigenvalue weighted by Crippen LogP contribution is -2.17. The van der Waals surface area contributed by atoms with Crippen LogP contribution < -0.4 is 4.74 Å². The molecule has 0 aliphatic carbocycles. The second kappa shape index (κ2) is 4.65. The van der Waals surface area contributed by atoms with Crippen molar-refractivity contribution in [3.8, 4) is 11.8 Å². The lowest BCUT2D eigenvalue weighted by Gasteiger charge is -2.09. The molecular weight excluding hydrogens is 324 g/mol. The van der Waals surface area contributed by atoms with Crippen LogP contribution in [0.3, 0.4) is 0 Å². The first-order valence-corrected chi connectivity index (χ1v) is 4.77. The average molecular weight is 328 g/mol. The minimum atomic E-state index is -4.74. The molecule has 0 aliphatic heterocycles. The van der Waals surface area contributed by atoms with Crippen LogP contribution in [0.25, 0.3) is 0 Å². The molecule has 1 aromatic rings. The van der Waals surface area contributed by atoms with Gasteiger partial charge in [-0.15, -0.1) is 13.2 Å². The fourth-order valence-electron chi connectivity index (χ4n) is 0.870. The zero-order valence-corrected chi connectivity index (χ0v) is 9.33. The van der Waals surface area contributed by atoms with E-state index >= 15 is 0 Å². The molecule has 0 saturated carbocycles. The summed E-state index contributed by atoms with van der Waals surface area (Å²) < 4.78 is 39.7. The fraction of sp³-hybridized carbons (Fsp3) is 0.250. The maximum Gasteiger partial charge on any atom is 0.573 e. The van der Waals surface area contributed by atoms with Gasteiger partial charge >= 0.3 is 6.36 Å². The van der Waals surface area contributed by atoms with Crippen molar-refractivity contribution in [1.29, 1.82) is 5.26 Å². The van der Waals surface area contributed by atoms with Crippen molar-refractivity contribution in [1.82, 2.24) is 4.98 Å². The van der Waals surface area contributed by atoms with Gasteiger partial charge in [-0.1, -0.05) is 0 Å². The molecule has 0 spiro atoms. The molecule has 0 amide bonds. The van der Waals surface area contributed by atoms with Crippen LogP contribution in [0, 0.1) is 15.0 Å². The Hall–Kier alpha value is -1.04. The number of pyridine rings is 1. The molecule has 1 heterocycles. The Morgan fingerprint density at radius 1 is 1.53 bits per heavy atom. The van der Waals surface area contributed by atoms with Crippen LogP contribution in [0.5, 0.6) is 5.75 Å². The first-order valence-electron chi connectivity index (χ1n) is 3.69. The van der Waals surface area contributed by atoms with E-state index in [4.69, 9.17) is 5.26 Å². The topological polar surface area (TPSA) is 45.9 Å². The molecule has 0 aromatic carbocycles. The molecule has 3 nitrogen and oxygen atoms in total. The number of ether oxygens (including phenoxy) is 1. The first kappa shape index (κ1) is 12.0. The Morgan fingerprint density at radius 3 is 2.73 bits per heavy atom. The first-order chi connectivity index (χ1) is 6.92. The van der Waals surface area contributed by atoms with Crippen molar-refractivity contribution in [3.63, 3.8) is 0 Å². The minimum Gasteiger partial charge on any atom is -0.404 e. The molecule has 0 N–H and O–H groups in total. The van der Waals surface area contributed by atoms with Gasteiger partial charge in [-0.2, -0.15) is 5.26 Å². The van der Waals surface area contributed by atoms with Gasteiger partial charge in [0.1, 0.15) is 9.45 Å². The van der Waals surface area contributed by atoms with Crippen molar-refractivity contribution in [2.45, 2.75) is 12.8 Å². The highest BCUT2D eigenvalue weighted by Crippen LogP contribution is 2.24. The SMILES string of the molecule is N#CCc1cc(OC(F)(F)F)cnc1I. The van der Waals surface area contributed by atoms with E-state index in [1.54, 1.807) is 0 Å². The number of aromatic nitrogens is 1. The summed E-state index contributed by atoms with van der Waals surface area (Å²) in [6.45, 7) is 0. The molecule has 0 fully saturated rings. The van der Waals surface area contributed by atoms with Crippen LogP contribution in [-0.2, 0) is 6.42 Å². The molecular formula is C8H4F3IN2O. The Balaban J connectivity index is 2.93. The molecule has 0 saturated heterocycles. The normalized spacial score (nSPS) is 10.9. The lowest BCUT2D eigenvalue weighted by molar-refractivity contribution is -0.274. The molecule has 0 bridgehead atoms. The predicted molar refractivity (Wildman–Crippen MR) is 53.0 cm³/mol. The summed E-state index contributed by atoms with van der Waals surface area (Å²) in [6, 6.07) is 2.99. The highest BCUT2D eigenvalue weighted by molar-refractivity contribution is 14.1. The third-order valence-corrected chi connectivity index (χ3v) is 2.36. The number of hydrogen-bond donors (Lipinski definition) is 0. The van der Waals surface area contributed by atoms with Crippen LogP contribution in [0.15, 0.2) is 12.3 Å². The van der Waals surface area contributed by atoms with E-state index < -0.39 is 12.1 Å². The molecule has 0 aliphatic rings. The Morgan fingerprint density at radius 2 is 2.20 bits per heavy atom. The van der Waals surface area contributed by atoms with Gasteiger partial charge in [-0.25, -0.2) is 4.98 Å². The number of hydrogen-bond acceptors (Lipinski definition) is 3. The van der Waals surface area contributed by atoms with E-state index in [0.717, 1.165) is 12.3 Å². The summed E-state index contributed by atoms with van der Waals surface area (Å²) in [5, 5.41) is 8.42. The van der Waals surface area contributed by atoms with Crippen LogP contribution in [0.2, 0.25) is 0 Å². The summed E-state index contributed by atoms with van der Waals surface area (Å²) in [5.41, 5.74) is 0.417. The predicted octanol–water partition coefficient (Wildman–Crippen LogP) is 2.65. The van der Waals surface area contributed by atoms with Gasteiger partial charge < -0.3 is 4.74 Å². The molecule has 1 rings (SSSR count). The number of halogens is 4. The number of nitriles is 1. The third-order valence-electron chi connectivity index (χ3n) is 1.39. The fourth-order valence-corrected chi connectivity index (χ4v) is 1.36. The Labute approximate surface area is 97.0 Å². The summed E-state index contributed by atoms with van der Waals surface area (Å²) in [7, 11) is 0. The van der Waals surface area contributed by atoms with Crippen molar-refractivity contribution in [2.75, 3.05) is 0 Å². The van der Waals surface area contributed by atoms with Crippen molar-refractivity contribution >= 4 is 22.6 Å². The van der Waals surface area contributed by atoms with Crippen LogP contribution >= 0.6 is 22.6 Å². The zero-order chi connectivity index (χ0) is 11.5. The molecule has 1 aromatic heterocycles. The van der Waals surface area contributed by atoms with Crippen LogP contribution in [-0.4, -0.2) is 11.3 Å². The number of nitrogens with zero attached hydrogens (tertiary/aromatic N) is 2. The molecule has 80 valence electrons. The zero-order valence-electron chi connectivity index (χ0n) is 7.18. The maximum atomic E-state index is 11.8. The van der Waals surface area contributed by atoms with Gasteiger partial charge in [0.05, 0.1) is 18.7 Å². The van der Waals surface area contributed by atoms with E-state index in [1.807, 2.05) is 28.7 Å². The van der Waals surface area contributed by atoms with E-state index in [0.29, 0.717) is 9.26 Å². The average Bonchev–Trinajstić information content (AvgIpc) is 2.09. The molecule has 7 heteroatoms. The van der Waals surface area contributed by atoms with E-state index in [1.165, 1.54) is 0 Å². The van der Waals surface area contributed by atoms with E-state index in [9.17, 15) is 13.2 Å². The second-order valence-corrected chi connectivity index (χ2v) is 3.53. The lowest BCUT2D eigenvalue weighted by atomic mass is 10.2. The van der Waals surface area contributed by atoms with Gasteiger partial charge in [-0.3, -0.25) is 0 Å². The monoisotopic (exact) mass is 328 g/mol. The Kier molecular flexibility index (Phi) is 3.73. The highest BCUT2D eigenvalue weighted by Gasteiger charge is 2.31. The molecule has 15 heavy (non-hydrogen) atoms. The van der Waals surface area contributed by atoms with Gasteiger partial charge in [0.15, 0.2) is 0 Å². The highest BCUT2D eigenvalue weighted by atomic mass is 127. The van der Waals surface area contributed by atoms with Gasteiger partial charge in [0.2, 0.25) is 0 Å². The summed E-state index contributed by atoms with van der Waals surface area (Å²) in [5.74, 6) is -0.409. The third kappa shape index (κ3) is 3.91. The molecule has 0 unspecified atom stereocenters. The number of alkyl halides is 3. The maximum absolute atomic E-state index is 11.8. The standard InChI is InChI=1S/C8H4F3IN2O/c9-8(10,11)15-6-3-5(1-2-13)7(12)14-4-6/h3-4H,1H2. The molecule has 0 radical (unpaired) electrons. The molecule has 0 atom stereocenters. The van der Waals surface area contributed by atoms with Crippen molar-refractivity contribution < 1.29 is 17.9 Å². The van der Waals surface area contributed by atoms with E-state index in [-0.39, 0.29) is 6.42 Å². The summed E-state index contributed by atoms with van der Waals surface area (Å²) >= 11 is 1.84. The van der Waals surface area contributed by atoms with E-state index in [2.05, 4.69) is 9.72 Å².